The molecular formula is C26H33N5O7. The molecule has 12 heteroatoms. The number of phenols is 1. The average molecular weight is 528 g/mol. The third-order valence-electron chi connectivity index (χ3n) is 5.69. The van der Waals surface area contributed by atoms with Gasteiger partial charge in [0.05, 0.1) is 6.04 Å². The number of carbonyl (C=O) groups excluding carboxylic acids is 4. The fourth-order valence-corrected chi connectivity index (χ4v) is 3.52. The summed E-state index contributed by atoms with van der Waals surface area (Å²) in [7, 11) is 0. The number of benzene rings is 2. The van der Waals surface area contributed by atoms with E-state index in [1.54, 1.807) is 42.5 Å². The number of carboxylic acid groups (broad SMARTS) is 1. The minimum atomic E-state index is -1.28. The average Bonchev–Trinajstić information content (AvgIpc) is 2.87. The highest BCUT2D eigenvalue weighted by Gasteiger charge is 2.30. The molecule has 4 amide bonds. The molecule has 0 saturated carbocycles. The van der Waals surface area contributed by atoms with E-state index in [9.17, 15) is 29.1 Å². The minimum absolute atomic E-state index is 0.0686. The van der Waals surface area contributed by atoms with E-state index in [2.05, 4.69) is 16.0 Å². The van der Waals surface area contributed by atoms with E-state index in [4.69, 9.17) is 16.6 Å². The first-order valence-electron chi connectivity index (χ1n) is 12.0. The van der Waals surface area contributed by atoms with E-state index >= 15 is 0 Å². The lowest BCUT2D eigenvalue weighted by molar-refractivity contribution is -0.142. The molecule has 4 atom stereocenters. The van der Waals surface area contributed by atoms with Gasteiger partial charge in [0.25, 0.3) is 0 Å². The van der Waals surface area contributed by atoms with Crippen LogP contribution in [0.3, 0.4) is 0 Å². The van der Waals surface area contributed by atoms with Crippen molar-refractivity contribution in [3.05, 3.63) is 65.7 Å². The summed E-state index contributed by atoms with van der Waals surface area (Å²) in [6.07, 6.45) is -0.207. The second kappa shape index (κ2) is 14.3. The molecule has 0 spiro atoms. The van der Waals surface area contributed by atoms with Crippen LogP contribution in [0.2, 0.25) is 0 Å². The fourth-order valence-electron chi connectivity index (χ4n) is 3.52. The summed E-state index contributed by atoms with van der Waals surface area (Å²) >= 11 is 0. The number of aromatic hydroxyl groups is 1. The van der Waals surface area contributed by atoms with Gasteiger partial charge in [0.15, 0.2) is 0 Å². The third kappa shape index (κ3) is 9.90. The van der Waals surface area contributed by atoms with Crippen molar-refractivity contribution in [1.82, 2.24) is 16.0 Å². The molecule has 2 aromatic carbocycles. The summed E-state index contributed by atoms with van der Waals surface area (Å²) in [5.74, 6) is -4.09. The van der Waals surface area contributed by atoms with Gasteiger partial charge in [-0.3, -0.25) is 24.0 Å². The van der Waals surface area contributed by atoms with Crippen LogP contribution < -0.4 is 27.4 Å². The van der Waals surface area contributed by atoms with Crippen LogP contribution in [0.25, 0.3) is 0 Å². The van der Waals surface area contributed by atoms with Crippen molar-refractivity contribution in [2.75, 3.05) is 0 Å². The molecule has 0 aliphatic heterocycles. The van der Waals surface area contributed by atoms with Gasteiger partial charge in [-0.15, -0.1) is 0 Å². The Hall–Kier alpha value is -4.45. The second-order valence-electron chi connectivity index (χ2n) is 8.86. The number of rotatable bonds is 14. The molecule has 0 fully saturated rings. The number of amides is 4. The summed E-state index contributed by atoms with van der Waals surface area (Å²) < 4.78 is 0. The number of carboxylic acids is 1. The van der Waals surface area contributed by atoms with E-state index in [0.717, 1.165) is 5.56 Å². The molecule has 0 bridgehead atoms. The van der Waals surface area contributed by atoms with E-state index in [1.165, 1.54) is 19.1 Å². The zero-order valence-electron chi connectivity index (χ0n) is 20.9. The summed E-state index contributed by atoms with van der Waals surface area (Å²) in [6.45, 7) is 1.25. The Morgan fingerprint density at radius 2 is 1.34 bits per heavy atom. The Morgan fingerprint density at radius 1 is 0.789 bits per heavy atom. The van der Waals surface area contributed by atoms with Gasteiger partial charge in [-0.1, -0.05) is 42.5 Å². The Balaban J connectivity index is 2.19. The summed E-state index contributed by atoms with van der Waals surface area (Å²) in [5.41, 5.74) is 12.7. The van der Waals surface area contributed by atoms with Gasteiger partial charge >= 0.3 is 5.97 Å². The number of hydrogen-bond acceptors (Lipinski definition) is 7. The Bertz CT molecular complexity index is 1120. The molecule has 0 saturated heterocycles. The summed E-state index contributed by atoms with van der Waals surface area (Å²) in [5, 5.41) is 25.9. The van der Waals surface area contributed by atoms with Crippen molar-refractivity contribution in [3.8, 4) is 5.75 Å². The van der Waals surface area contributed by atoms with Gasteiger partial charge in [0, 0.05) is 12.8 Å². The van der Waals surface area contributed by atoms with Crippen LogP contribution in [0.5, 0.6) is 5.75 Å². The van der Waals surface area contributed by atoms with Crippen LogP contribution >= 0.6 is 0 Å². The molecule has 0 heterocycles. The zero-order chi connectivity index (χ0) is 28.2. The van der Waals surface area contributed by atoms with E-state index < -0.39 is 53.8 Å². The number of carbonyl (C=O) groups is 5. The highest BCUT2D eigenvalue weighted by molar-refractivity contribution is 5.94. The van der Waals surface area contributed by atoms with E-state index in [0.29, 0.717) is 5.56 Å². The molecule has 0 aliphatic rings. The molecule has 4 unspecified atom stereocenters. The first kappa shape index (κ1) is 29.8. The van der Waals surface area contributed by atoms with E-state index in [-0.39, 0.29) is 31.4 Å². The fraction of sp³-hybridized carbons (Fsp3) is 0.346. The van der Waals surface area contributed by atoms with Gasteiger partial charge in [-0.25, -0.2) is 0 Å². The first-order valence-corrected chi connectivity index (χ1v) is 12.0. The van der Waals surface area contributed by atoms with Crippen molar-refractivity contribution < 1.29 is 34.2 Å². The van der Waals surface area contributed by atoms with Crippen molar-refractivity contribution in [1.29, 1.82) is 0 Å². The van der Waals surface area contributed by atoms with Crippen molar-refractivity contribution in [3.63, 3.8) is 0 Å². The molecule has 0 radical (unpaired) electrons. The molecule has 2 aromatic rings. The molecule has 12 nitrogen and oxygen atoms in total. The predicted octanol–water partition coefficient (Wildman–Crippen LogP) is -0.671. The number of aliphatic carboxylic acids is 1. The zero-order valence-corrected chi connectivity index (χ0v) is 20.9. The summed E-state index contributed by atoms with van der Waals surface area (Å²) in [6, 6.07) is 10.3. The molecule has 9 N–H and O–H groups in total. The summed E-state index contributed by atoms with van der Waals surface area (Å²) in [4.78, 5) is 61.3. The second-order valence-corrected chi connectivity index (χ2v) is 8.86. The third-order valence-corrected chi connectivity index (χ3v) is 5.69. The largest absolute Gasteiger partial charge is 0.508 e. The SMILES string of the molecule is CC(NC(=O)C(CCC(N)=O)NC(=O)C(Cc1ccccc1)NC(=O)C(N)Cc1ccc(O)cc1)C(=O)O. The van der Waals surface area contributed by atoms with Crippen LogP contribution in [0.4, 0.5) is 0 Å². The maximum atomic E-state index is 13.3. The highest BCUT2D eigenvalue weighted by Crippen LogP contribution is 2.11. The number of phenolic OH excluding ortho intramolecular Hbond substituents is 1. The quantitative estimate of drug-likeness (QED) is 0.167. The molecule has 2 rings (SSSR count). The maximum absolute atomic E-state index is 13.3. The maximum Gasteiger partial charge on any atom is 0.325 e. The van der Waals surface area contributed by atoms with Crippen molar-refractivity contribution in [2.24, 2.45) is 11.5 Å². The first-order chi connectivity index (χ1) is 18.0. The van der Waals surface area contributed by atoms with Crippen LogP contribution in [-0.2, 0) is 36.8 Å². The molecule has 0 aliphatic carbocycles. The van der Waals surface area contributed by atoms with Gasteiger partial charge < -0.3 is 37.6 Å². The topological polar surface area (TPSA) is 214 Å². The minimum Gasteiger partial charge on any atom is -0.508 e. The number of nitrogens with two attached hydrogens (primary N) is 2. The number of hydrogen-bond donors (Lipinski definition) is 7. The van der Waals surface area contributed by atoms with Crippen LogP contribution in [0, 0.1) is 0 Å². The molecule has 204 valence electrons. The van der Waals surface area contributed by atoms with Crippen molar-refractivity contribution >= 4 is 29.6 Å². The lowest BCUT2D eigenvalue weighted by atomic mass is 10.0. The lowest BCUT2D eigenvalue weighted by Crippen LogP contribution is -2.57. The monoisotopic (exact) mass is 527 g/mol. The lowest BCUT2D eigenvalue weighted by Gasteiger charge is -2.25. The predicted molar refractivity (Wildman–Crippen MR) is 137 cm³/mol. The number of primary amides is 1. The van der Waals surface area contributed by atoms with Crippen LogP contribution in [-0.4, -0.2) is 64.0 Å². The Kier molecular flexibility index (Phi) is 11.2. The molecule has 38 heavy (non-hydrogen) atoms. The van der Waals surface area contributed by atoms with Gasteiger partial charge in [0.1, 0.15) is 23.9 Å². The van der Waals surface area contributed by atoms with Gasteiger partial charge in [-0.05, 0) is 43.0 Å². The highest BCUT2D eigenvalue weighted by atomic mass is 16.4. The standard InChI is InChI=1S/C26H33N5O7/c1-15(26(37)38)29-24(35)20(11-12-22(28)33)30-25(36)21(14-16-5-3-2-4-6-16)31-23(34)19(27)13-17-7-9-18(32)10-8-17/h2-10,15,19-21,32H,11-14,27H2,1H3,(H2,28,33)(H,29,35)(H,30,36)(H,31,34)(H,37,38). The smallest absolute Gasteiger partial charge is 0.325 e. The van der Waals surface area contributed by atoms with Crippen molar-refractivity contribution in [2.45, 2.75) is 56.8 Å². The van der Waals surface area contributed by atoms with Gasteiger partial charge in [-0.2, -0.15) is 0 Å². The number of nitrogens with one attached hydrogen (secondary N) is 3. The molecule has 0 aromatic heterocycles. The molecular weight excluding hydrogens is 494 g/mol. The van der Waals surface area contributed by atoms with Crippen LogP contribution in [0.1, 0.15) is 30.9 Å². The van der Waals surface area contributed by atoms with E-state index in [1.807, 2.05) is 0 Å². The normalized spacial score (nSPS) is 13.8. The van der Waals surface area contributed by atoms with Gasteiger partial charge in [0.2, 0.25) is 23.6 Å². The Morgan fingerprint density at radius 3 is 1.92 bits per heavy atom. The Labute approximate surface area is 219 Å². The van der Waals surface area contributed by atoms with Crippen LogP contribution in [0.15, 0.2) is 54.6 Å².